The number of hydrogen-bond acceptors (Lipinski definition) is 8. The van der Waals surface area contributed by atoms with Crippen LogP contribution < -0.4 is 21.3 Å². The molecule has 6 N–H and O–H groups in total. The van der Waals surface area contributed by atoms with Crippen molar-refractivity contribution in [2.45, 2.75) is 52.1 Å². The third-order valence-corrected chi connectivity index (χ3v) is 9.00. The fourth-order valence-electron chi connectivity index (χ4n) is 6.10. The first-order valence-corrected chi connectivity index (χ1v) is 17.3. The number of carbonyl (C=O) groups is 4. The Morgan fingerprint density at radius 2 is 1.25 bits per heavy atom. The Labute approximate surface area is 307 Å². The molecule has 53 heavy (non-hydrogen) atoms. The molecule has 0 radical (unpaired) electrons. The van der Waals surface area contributed by atoms with Gasteiger partial charge in [0.1, 0.15) is 11.6 Å². The minimum atomic E-state index is -1.43. The molecule has 0 unspecified atom stereocenters. The number of benzene rings is 4. The molecule has 5 aromatic rings. The molecule has 12 nitrogen and oxygen atoms in total. The molecule has 1 aromatic heterocycles. The van der Waals surface area contributed by atoms with Crippen LogP contribution >= 0.6 is 0 Å². The lowest BCUT2D eigenvalue weighted by atomic mass is 9.79. The third kappa shape index (κ3) is 9.47. The van der Waals surface area contributed by atoms with Crippen LogP contribution in [0.4, 0.5) is 21.0 Å². The number of carboxylic acid groups (broad SMARTS) is 2. The van der Waals surface area contributed by atoms with Crippen molar-refractivity contribution >= 4 is 35.4 Å². The third-order valence-electron chi connectivity index (χ3n) is 9.00. The van der Waals surface area contributed by atoms with Gasteiger partial charge >= 0.3 is 12.2 Å². The van der Waals surface area contributed by atoms with Gasteiger partial charge in [0.25, 0.3) is 11.8 Å². The minimum absolute atomic E-state index is 0.183. The van der Waals surface area contributed by atoms with E-state index in [1.165, 1.54) is 0 Å². The van der Waals surface area contributed by atoms with Crippen molar-refractivity contribution in [1.82, 2.24) is 15.6 Å². The van der Waals surface area contributed by atoms with Gasteiger partial charge in [0, 0.05) is 35.3 Å². The number of hydrogen-bond donors (Lipinski definition) is 6. The van der Waals surface area contributed by atoms with E-state index >= 15 is 0 Å². The molecular formula is C41H43N5O7. The van der Waals surface area contributed by atoms with Gasteiger partial charge in [-0.1, -0.05) is 88.4 Å². The zero-order chi connectivity index (χ0) is 38.1. The van der Waals surface area contributed by atoms with E-state index in [4.69, 9.17) is 14.5 Å². The van der Waals surface area contributed by atoms with Crippen molar-refractivity contribution in [3.05, 3.63) is 126 Å². The van der Waals surface area contributed by atoms with Gasteiger partial charge in [-0.25, -0.2) is 14.6 Å². The number of aromatic nitrogens is 1. The molecule has 0 bridgehead atoms. The van der Waals surface area contributed by atoms with E-state index in [1.54, 1.807) is 24.3 Å². The lowest BCUT2D eigenvalue weighted by molar-refractivity contribution is -0.126. The Morgan fingerprint density at radius 1 is 0.698 bits per heavy atom. The summed E-state index contributed by atoms with van der Waals surface area (Å²) in [5.41, 5.74) is 4.01. The van der Waals surface area contributed by atoms with E-state index in [-0.39, 0.29) is 18.3 Å². The summed E-state index contributed by atoms with van der Waals surface area (Å²) in [5.74, 6) is -0.826. The predicted octanol–water partition coefficient (Wildman–Crippen LogP) is 7.67. The molecule has 0 saturated heterocycles. The highest BCUT2D eigenvalue weighted by atomic mass is 16.4. The van der Waals surface area contributed by atoms with E-state index in [2.05, 4.69) is 16.0 Å². The average molecular weight is 718 g/mol. The molecule has 0 aliphatic rings. The highest BCUT2D eigenvalue weighted by Crippen LogP contribution is 2.34. The first-order valence-electron chi connectivity index (χ1n) is 17.3. The van der Waals surface area contributed by atoms with E-state index in [9.17, 15) is 24.3 Å². The molecule has 0 aliphatic carbocycles. The first kappa shape index (κ1) is 37.8. The maximum Gasteiger partial charge on any atom is 0.411 e. The molecule has 2 atom stereocenters. The van der Waals surface area contributed by atoms with Crippen LogP contribution in [0.2, 0.25) is 0 Å². The van der Waals surface area contributed by atoms with Gasteiger partial charge in [-0.15, -0.1) is 0 Å². The Balaban J connectivity index is 1.45. The summed E-state index contributed by atoms with van der Waals surface area (Å²) in [5, 5.41) is 28.9. The number of nitrogens with one attached hydrogen (secondary N) is 4. The van der Waals surface area contributed by atoms with E-state index in [0.29, 0.717) is 40.7 Å². The molecule has 0 aliphatic heterocycles. The van der Waals surface area contributed by atoms with Crippen molar-refractivity contribution in [3.63, 3.8) is 0 Å². The summed E-state index contributed by atoms with van der Waals surface area (Å²) in [6.45, 7) is 7.39. The van der Waals surface area contributed by atoms with Crippen molar-refractivity contribution in [1.29, 1.82) is 0 Å². The van der Waals surface area contributed by atoms with Crippen LogP contribution in [0.1, 0.15) is 44.5 Å². The van der Waals surface area contributed by atoms with Crippen LogP contribution in [0.5, 0.6) is 0 Å². The fourth-order valence-corrected chi connectivity index (χ4v) is 6.10. The second kappa shape index (κ2) is 16.7. The van der Waals surface area contributed by atoms with Crippen molar-refractivity contribution in [2.24, 2.45) is 11.8 Å². The van der Waals surface area contributed by atoms with Crippen LogP contribution in [0.15, 0.2) is 114 Å². The van der Waals surface area contributed by atoms with Crippen molar-refractivity contribution < 1.29 is 33.8 Å². The number of oxazole rings is 1. The van der Waals surface area contributed by atoms with E-state index in [0.717, 1.165) is 16.7 Å². The predicted molar refractivity (Wildman–Crippen MR) is 203 cm³/mol. The Morgan fingerprint density at radius 3 is 1.79 bits per heavy atom. The number of imide groups is 2. The van der Waals surface area contributed by atoms with Gasteiger partial charge in [0.15, 0.2) is 5.76 Å². The SMILES string of the molecule is CC(C)[C@H](Nc1ccc(-c2oc(-c3ccc(N[C@](Cc4ccccc4)(C(=O)NC(=O)O)C(C)C)cc3)nc2Cc2ccccc2)cc1)C(=O)NC(=O)O. The van der Waals surface area contributed by atoms with Crippen molar-refractivity contribution in [3.8, 4) is 22.8 Å². The van der Waals surface area contributed by atoms with Gasteiger partial charge in [-0.2, -0.15) is 0 Å². The van der Waals surface area contributed by atoms with Crippen LogP contribution in [0.3, 0.4) is 0 Å². The van der Waals surface area contributed by atoms with Gasteiger partial charge in [0.05, 0.1) is 5.69 Å². The summed E-state index contributed by atoms with van der Waals surface area (Å²) in [4.78, 5) is 53.5. The smallest absolute Gasteiger partial charge is 0.411 e. The van der Waals surface area contributed by atoms with Gasteiger partial charge < -0.3 is 25.3 Å². The van der Waals surface area contributed by atoms with E-state index < -0.39 is 35.6 Å². The summed E-state index contributed by atoms with van der Waals surface area (Å²) in [6, 6.07) is 33.1. The zero-order valence-electron chi connectivity index (χ0n) is 29.9. The standard InChI is InChI=1S/C41H43N5O7/c1-25(2)34(36(47)44-39(49)50)42-31-19-15-29(16-20-31)35-33(23-27-11-7-5-8-12-27)43-37(53-35)30-17-21-32(22-18-30)46-41(26(3)4,38(48)45-40(51)52)24-28-13-9-6-10-14-28/h5-22,25-26,34,42,46H,23-24H2,1-4H3,(H,44,47)(H,45,48)(H,49,50)(H,51,52)/t34-,41-/m0/s1. The Kier molecular flexibility index (Phi) is 11.9. The number of rotatable bonds is 14. The normalized spacial score (nSPS) is 12.8. The number of carbonyl (C=O) groups excluding carboxylic acids is 2. The quantitative estimate of drug-likeness (QED) is 0.0666. The van der Waals surface area contributed by atoms with Crippen LogP contribution in [-0.2, 0) is 22.4 Å². The second-order valence-electron chi connectivity index (χ2n) is 13.4. The molecular weight excluding hydrogens is 674 g/mol. The maximum absolute atomic E-state index is 13.5. The number of amides is 4. The van der Waals surface area contributed by atoms with E-state index in [1.807, 2.05) is 118 Å². The monoisotopic (exact) mass is 717 g/mol. The van der Waals surface area contributed by atoms with Crippen LogP contribution in [-0.4, -0.2) is 50.8 Å². The highest BCUT2D eigenvalue weighted by molar-refractivity contribution is 5.99. The lowest BCUT2D eigenvalue weighted by Crippen LogP contribution is -2.58. The minimum Gasteiger partial charge on any atom is -0.465 e. The molecule has 0 fully saturated rings. The molecule has 4 aromatic carbocycles. The molecule has 12 heteroatoms. The summed E-state index contributed by atoms with van der Waals surface area (Å²) in [6.07, 6.45) is -2.09. The molecule has 5 rings (SSSR count). The lowest BCUT2D eigenvalue weighted by Gasteiger charge is -2.37. The second-order valence-corrected chi connectivity index (χ2v) is 13.4. The van der Waals surface area contributed by atoms with Crippen LogP contribution in [0, 0.1) is 11.8 Å². The maximum atomic E-state index is 13.5. The molecule has 4 amide bonds. The van der Waals surface area contributed by atoms with Crippen LogP contribution in [0.25, 0.3) is 22.8 Å². The average Bonchev–Trinajstić information content (AvgIpc) is 3.54. The highest BCUT2D eigenvalue weighted by Gasteiger charge is 2.42. The largest absolute Gasteiger partial charge is 0.465 e. The molecule has 0 spiro atoms. The summed E-state index contributed by atoms with van der Waals surface area (Å²) < 4.78 is 6.43. The number of anilines is 2. The topological polar surface area (TPSA) is 183 Å². The number of nitrogens with zero attached hydrogens (tertiary/aromatic N) is 1. The summed E-state index contributed by atoms with van der Waals surface area (Å²) in [7, 11) is 0. The molecule has 0 saturated carbocycles. The zero-order valence-corrected chi connectivity index (χ0v) is 29.9. The van der Waals surface area contributed by atoms with Gasteiger partial charge in [-0.05, 0) is 71.5 Å². The molecule has 1 heterocycles. The Hall–Kier alpha value is -6.43. The first-order chi connectivity index (χ1) is 25.3. The van der Waals surface area contributed by atoms with Crippen molar-refractivity contribution in [2.75, 3.05) is 10.6 Å². The van der Waals surface area contributed by atoms with Gasteiger partial charge in [-0.3, -0.25) is 20.2 Å². The van der Waals surface area contributed by atoms with Gasteiger partial charge in [0.2, 0.25) is 5.89 Å². The molecule has 274 valence electrons. The Bertz CT molecular complexity index is 2030. The summed E-state index contributed by atoms with van der Waals surface area (Å²) >= 11 is 0. The fraction of sp³-hybridized carbons (Fsp3) is 0.244.